The third-order valence-electron chi connectivity index (χ3n) is 5.74. The van der Waals surface area contributed by atoms with Gasteiger partial charge in [0.25, 0.3) is 0 Å². The van der Waals surface area contributed by atoms with Gasteiger partial charge in [0.1, 0.15) is 5.82 Å². The van der Waals surface area contributed by atoms with Gasteiger partial charge in [0.2, 0.25) is 5.91 Å². The molecule has 140 valence electrons. The number of piperazine rings is 1. The van der Waals surface area contributed by atoms with Crippen LogP contribution in [0.5, 0.6) is 0 Å². The zero-order valence-electron chi connectivity index (χ0n) is 15.4. The molecule has 1 aromatic rings. The van der Waals surface area contributed by atoms with E-state index in [1.165, 1.54) is 0 Å². The van der Waals surface area contributed by atoms with Crippen LogP contribution in [-0.4, -0.2) is 64.4 Å². The molecule has 25 heavy (non-hydrogen) atoms. The third kappa shape index (κ3) is 4.36. The Kier molecular flexibility index (Phi) is 6.02. The van der Waals surface area contributed by atoms with Crippen LogP contribution in [0.1, 0.15) is 50.5 Å². The van der Waals surface area contributed by atoms with E-state index >= 15 is 0 Å². The number of carbonyl (C=O) groups excluding carboxylic acids is 1. The molecule has 3 rings (SSSR count). The first kappa shape index (κ1) is 18.7. The number of nitrogens with one attached hydrogen (secondary N) is 2. The van der Waals surface area contributed by atoms with Crippen LogP contribution in [0.2, 0.25) is 5.15 Å². The van der Waals surface area contributed by atoms with Crippen LogP contribution in [0.4, 0.5) is 0 Å². The quantitative estimate of drug-likeness (QED) is 0.837. The van der Waals surface area contributed by atoms with Crippen LogP contribution in [0, 0.1) is 0 Å². The van der Waals surface area contributed by atoms with Crippen LogP contribution in [0.25, 0.3) is 0 Å². The molecule has 7 heteroatoms. The van der Waals surface area contributed by atoms with Crippen molar-refractivity contribution in [3.63, 3.8) is 0 Å². The minimum absolute atomic E-state index is 0.0783. The molecule has 1 spiro atoms. The number of aryl methyl sites for hydroxylation is 1. The van der Waals surface area contributed by atoms with E-state index in [-0.39, 0.29) is 11.4 Å². The predicted octanol–water partition coefficient (Wildman–Crippen LogP) is 2.19. The lowest BCUT2D eigenvalue weighted by Crippen LogP contribution is -2.60. The maximum Gasteiger partial charge on any atom is 0.220 e. The van der Waals surface area contributed by atoms with Gasteiger partial charge >= 0.3 is 0 Å². The summed E-state index contributed by atoms with van der Waals surface area (Å²) in [4.78, 5) is 24.6. The first-order valence-electron chi connectivity index (χ1n) is 9.46. The zero-order valence-corrected chi connectivity index (χ0v) is 16.2. The summed E-state index contributed by atoms with van der Waals surface area (Å²) in [7, 11) is 2.19. The van der Waals surface area contributed by atoms with E-state index in [1.807, 2.05) is 0 Å². The lowest BCUT2D eigenvalue weighted by molar-refractivity contribution is -0.121. The fourth-order valence-corrected chi connectivity index (χ4v) is 4.25. The van der Waals surface area contributed by atoms with Gasteiger partial charge < -0.3 is 10.3 Å². The van der Waals surface area contributed by atoms with Crippen LogP contribution < -0.4 is 5.32 Å². The average molecular weight is 368 g/mol. The molecule has 0 radical (unpaired) electrons. The lowest BCUT2D eigenvalue weighted by Gasteiger charge is -2.49. The van der Waals surface area contributed by atoms with Crippen molar-refractivity contribution in [1.29, 1.82) is 0 Å². The Morgan fingerprint density at radius 3 is 2.96 bits per heavy atom. The molecule has 1 atom stereocenters. The average Bonchev–Trinajstić information content (AvgIpc) is 2.82. The van der Waals surface area contributed by atoms with Gasteiger partial charge in [-0.1, -0.05) is 24.9 Å². The Bertz CT molecular complexity index is 604. The molecule has 1 amide bonds. The van der Waals surface area contributed by atoms with Gasteiger partial charge in [-0.3, -0.25) is 14.6 Å². The molecule has 2 N–H and O–H groups in total. The molecule has 2 fully saturated rings. The van der Waals surface area contributed by atoms with Gasteiger partial charge in [0.15, 0.2) is 5.15 Å². The maximum atomic E-state index is 11.7. The van der Waals surface area contributed by atoms with Gasteiger partial charge in [-0.05, 0) is 26.3 Å². The van der Waals surface area contributed by atoms with Gasteiger partial charge in [0, 0.05) is 51.1 Å². The number of amides is 1. The summed E-state index contributed by atoms with van der Waals surface area (Å²) in [6, 6.07) is 0. The molecule has 2 aliphatic rings. The molecule has 0 bridgehead atoms. The van der Waals surface area contributed by atoms with Crippen molar-refractivity contribution in [3.8, 4) is 0 Å². The van der Waals surface area contributed by atoms with E-state index < -0.39 is 0 Å². The number of hydrogen-bond donors (Lipinski definition) is 2. The summed E-state index contributed by atoms with van der Waals surface area (Å²) in [6.45, 7) is 6.75. The molecule has 0 unspecified atom stereocenters. The highest BCUT2D eigenvalue weighted by Gasteiger charge is 2.40. The number of imidazole rings is 1. The molecule has 3 heterocycles. The van der Waals surface area contributed by atoms with Crippen molar-refractivity contribution in [2.75, 3.05) is 33.2 Å². The summed E-state index contributed by atoms with van der Waals surface area (Å²) in [5, 5.41) is 3.62. The molecule has 6 nitrogen and oxygen atoms in total. The highest BCUT2D eigenvalue weighted by molar-refractivity contribution is 6.30. The van der Waals surface area contributed by atoms with Crippen molar-refractivity contribution in [1.82, 2.24) is 25.1 Å². The molecule has 0 saturated carbocycles. The molecular formula is C18H30ClN5O. The summed E-state index contributed by atoms with van der Waals surface area (Å²) < 4.78 is 0. The largest absolute Gasteiger partial charge is 0.356 e. The minimum atomic E-state index is 0.0783. The number of aromatic nitrogens is 2. The second kappa shape index (κ2) is 8.06. The SMILES string of the molecule is CCCCc1nc(Cl)c(CN2CCN(C)[C@@]3(CCNC(=O)CC3)C2)[nH]1. The zero-order chi connectivity index (χ0) is 17.9. The van der Waals surface area contributed by atoms with E-state index in [0.717, 1.165) is 76.3 Å². The fourth-order valence-electron chi connectivity index (χ4n) is 4.04. The number of halogens is 1. The van der Waals surface area contributed by atoms with Crippen molar-refractivity contribution in [3.05, 3.63) is 16.7 Å². The number of unbranched alkanes of at least 4 members (excludes halogenated alkanes) is 1. The van der Waals surface area contributed by atoms with E-state index in [2.05, 4.69) is 39.1 Å². The third-order valence-corrected chi connectivity index (χ3v) is 6.05. The number of nitrogens with zero attached hydrogens (tertiary/aromatic N) is 3. The Hall–Kier alpha value is -1.11. The summed E-state index contributed by atoms with van der Waals surface area (Å²) >= 11 is 6.36. The second-order valence-electron chi connectivity index (χ2n) is 7.51. The number of aromatic amines is 1. The standard InChI is InChI=1S/C18H30ClN5O/c1-3-4-5-15-21-14(17(19)22-15)12-24-11-10-23(2)18(13-24)7-6-16(25)20-9-8-18/h3-13H2,1-2H3,(H,20,25)(H,21,22)/t18-/m0/s1. The monoisotopic (exact) mass is 367 g/mol. The number of likely N-dealkylation sites (N-methyl/N-ethyl adjacent to an activating group) is 1. The van der Waals surface area contributed by atoms with Crippen molar-refractivity contribution in [2.45, 2.75) is 57.5 Å². The molecule has 2 saturated heterocycles. The Morgan fingerprint density at radius 1 is 1.32 bits per heavy atom. The summed E-state index contributed by atoms with van der Waals surface area (Å²) in [5.41, 5.74) is 1.10. The smallest absolute Gasteiger partial charge is 0.220 e. The molecular weight excluding hydrogens is 338 g/mol. The Labute approximate surface area is 155 Å². The first-order chi connectivity index (χ1) is 12.0. The van der Waals surface area contributed by atoms with Crippen molar-refractivity contribution in [2.24, 2.45) is 0 Å². The number of H-pyrrole nitrogens is 1. The van der Waals surface area contributed by atoms with Gasteiger partial charge in [-0.25, -0.2) is 4.98 Å². The fraction of sp³-hybridized carbons (Fsp3) is 0.778. The highest BCUT2D eigenvalue weighted by atomic mass is 35.5. The Balaban J connectivity index is 1.67. The van der Waals surface area contributed by atoms with E-state index in [1.54, 1.807) is 0 Å². The summed E-state index contributed by atoms with van der Waals surface area (Å²) in [5.74, 6) is 1.18. The van der Waals surface area contributed by atoms with Crippen LogP contribution in [-0.2, 0) is 17.8 Å². The van der Waals surface area contributed by atoms with Gasteiger partial charge in [0.05, 0.1) is 5.69 Å². The lowest BCUT2D eigenvalue weighted by atomic mass is 9.86. The minimum Gasteiger partial charge on any atom is -0.356 e. The van der Waals surface area contributed by atoms with E-state index in [4.69, 9.17) is 11.6 Å². The van der Waals surface area contributed by atoms with Crippen LogP contribution in [0.15, 0.2) is 0 Å². The molecule has 2 aliphatic heterocycles. The van der Waals surface area contributed by atoms with Crippen LogP contribution >= 0.6 is 11.6 Å². The summed E-state index contributed by atoms with van der Waals surface area (Å²) in [6.07, 6.45) is 5.78. The maximum absolute atomic E-state index is 11.7. The van der Waals surface area contributed by atoms with Gasteiger partial charge in [-0.15, -0.1) is 0 Å². The molecule has 1 aromatic heterocycles. The van der Waals surface area contributed by atoms with Crippen LogP contribution in [0.3, 0.4) is 0 Å². The van der Waals surface area contributed by atoms with Gasteiger partial charge in [-0.2, -0.15) is 0 Å². The van der Waals surface area contributed by atoms with E-state index in [9.17, 15) is 4.79 Å². The Morgan fingerprint density at radius 2 is 2.16 bits per heavy atom. The van der Waals surface area contributed by atoms with E-state index in [0.29, 0.717) is 11.6 Å². The normalized spacial score (nSPS) is 26.0. The highest BCUT2D eigenvalue weighted by Crippen LogP contribution is 2.31. The van der Waals surface area contributed by atoms with Crippen molar-refractivity contribution < 1.29 is 4.79 Å². The topological polar surface area (TPSA) is 64.3 Å². The number of hydrogen-bond acceptors (Lipinski definition) is 4. The molecule has 0 aliphatic carbocycles. The second-order valence-corrected chi connectivity index (χ2v) is 7.87. The predicted molar refractivity (Wildman–Crippen MR) is 99.7 cm³/mol. The molecule has 0 aromatic carbocycles. The first-order valence-corrected chi connectivity index (χ1v) is 9.84. The van der Waals surface area contributed by atoms with Crippen molar-refractivity contribution >= 4 is 17.5 Å². The number of rotatable bonds is 5. The number of carbonyl (C=O) groups is 1.